The molecule has 1 aliphatic carbocycles. The van der Waals surface area contributed by atoms with Crippen molar-refractivity contribution in [3.05, 3.63) is 46.1 Å². The van der Waals surface area contributed by atoms with Crippen LogP contribution in [0.4, 0.5) is 0 Å². The summed E-state index contributed by atoms with van der Waals surface area (Å²) in [6.07, 6.45) is 7.33. The van der Waals surface area contributed by atoms with Crippen molar-refractivity contribution in [3.8, 4) is 0 Å². The summed E-state index contributed by atoms with van der Waals surface area (Å²) in [6, 6.07) is 6.43. The molecule has 0 bridgehead atoms. The maximum Gasteiger partial charge on any atom is 0.306 e. The predicted octanol–water partition coefficient (Wildman–Crippen LogP) is 5.98. The van der Waals surface area contributed by atoms with Gasteiger partial charge in [0, 0.05) is 42.3 Å². The number of aliphatic carboxylic acids is 1. The number of ether oxygens (including phenoxy) is 1. The van der Waals surface area contributed by atoms with Crippen molar-refractivity contribution in [1.82, 2.24) is 4.90 Å². The molecule has 0 radical (unpaired) electrons. The summed E-state index contributed by atoms with van der Waals surface area (Å²) in [5, 5.41) is 10.2. The normalized spacial score (nSPS) is 28.4. The van der Waals surface area contributed by atoms with Crippen molar-refractivity contribution in [2.24, 2.45) is 17.3 Å². The molecule has 1 saturated carbocycles. The first-order valence-corrected chi connectivity index (χ1v) is 13.0. The maximum atomic E-state index is 13.4. The number of nitrogens with zero attached hydrogens (tertiary/aromatic N) is 1. The van der Waals surface area contributed by atoms with Gasteiger partial charge < -0.3 is 14.7 Å². The van der Waals surface area contributed by atoms with Crippen molar-refractivity contribution in [1.29, 1.82) is 0 Å². The van der Waals surface area contributed by atoms with Crippen LogP contribution in [0.15, 0.2) is 30.0 Å². The molecule has 0 aromatic heterocycles. The van der Waals surface area contributed by atoms with E-state index in [9.17, 15) is 14.7 Å². The number of aryl methyl sites for hydroxylation is 1. The lowest BCUT2D eigenvalue weighted by molar-refractivity contribution is -0.146. The topological polar surface area (TPSA) is 66.8 Å². The molecule has 2 aliphatic heterocycles. The van der Waals surface area contributed by atoms with Crippen LogP contribution in [0, 0.1) is 17.3 Å². The Balaban J connectivity index is 1.66. The Bertz CT molecular complexity index is 969. The third-order valence-corrected chi connectivity index (χ3v) is 8.41. The molecule has 4 rings (SSSR count). The Morgan fingerprint density at radius 3 is 2.50 bits per heavy atom. The van der Waals surface area contributed by atoms with Gasteiger partial charge in [-0.25, -0.2) is 0 Å². The Morgan fingerprint density at radius 2 is 1.91 bits per heavy atom. The lowest BCUT2D eigenvalue weighted by Crippen LogP contribution is -2.49. The molecule has 1 saturated heterocycles. The second-order valence-electron chi connectivity index (χ2n) is 11.8. The summed E-state index contributed by atoms with van der Waals surface area (Å²) in [5.74, 6) is -0.730. The first-order valence-electron chi connectivity index (χ1n) is 12.6. The summed E-state index contributed by atoms with van der Waals surface area (Å²) in [7, 11) is 0. The Labute approximate surface area is 208 Å². The SMILES string of the molecule is CC(C)(C)CCc1ccc([C@]2(C)CC(=O)N(C3CCOCC3)C=C2C2CC(C(=O)O)C2)cc1Cl. The van der Waals surface area contributed by atoms with E-state index in [4.69, 9.17) is 16.3 Å². The fourth-order valence-corrected chi connectivity index (χ4v) is 5.91. The number of allylic oxidation sites excluding steroid dienone is 1. The number of amides is 1. The summed E-state index contributed by atoms with van der Waals surface area (Å²) in [5.41, 5.74) is 3.10. The zero-order valence-corrected chi connectivity index (χ0v) is 21.7. The van der Waals surface area contributed by atoms with Gasteiger partial charge in [0.05, 0.1) is 5.92 Å². The van der Waals surface area contributed by atoms with Crippen molar-refractivity contribution in [2.45, 2.75) is 84.1 Å². The number of carbonyl (C=O) groups is 2. The molecule has 3 aliphatic rings. The molecule has 34 heavy (non-hydrogen) atoms. The van der Waals surface area contributed by atoms with Crippen LogP contribution in [-0.2, 0) is 26.2 Å². The molecular weight excluding hydrogens is 450 g/mol. The van der Waals surface area contributed by atoms with Crippen molar-refractivity contribution in [2.75, 3.05) is 13.2 Å². The smallest absolute Gasteiger partial charge is 0.306 e. The Hall–Kier alpha value is -1.85. The third kappa shape index (κ3) is 5.21. The van der Waals surface area contributed by atoms with Gasteiger partial charge in [0.25, 0.3) is 0 Å². The van der Waals surface area contributed by atoms with E-state index in [-0.39, 0.29) is 29.2 Å². The number of hydrogen-bond donors (Lipinski definition) is 1. The summed E-state index contributed by atoms with van der Waals surface area (Å²) < 4.78 is 5.51. The zero-order chi connectivity index (χ0) is 24.7. The zero-order valence-electron chi connectivity index (χ0n) is 20.9. The van der Waals surface area contributed by atoms with Crippen LogP contribution in [-0.4, -0.2) is 41.1 Å². The van der Waals surface area contributed by atoms with Gasteiger partial charge in [-0.2, -0.15) is 0 Å². The second-order valence-corrected chi connectivity index (χ2v) is 12.2. The van der Waals surface area contributed by atoms with Crippen molar-refractivity contribution in [3.63, 3.8) is 0 Å². The first-order chi connectivity index (χ1) is 16.0. The fraction of sp³-hybridized carbons (Fsp3) is 0.643. The average Bonchev–Trinajstić information content (AvgIpc) is 2.73. The van der Waals surface area contributed by atoms with E-state index in [2.05, 4.69) is 46.0 Å². The second kappa shape index (κ2) is 9.66. The lowest BCUT2D eigenvalue weighted by atomic mass is 9.60. The number of carboxylic acid groups (broad SMARTS) is 1. The van der Waals surface area contributed by atoms with Gasteiger partial charge in [-0.1, -0.05) is 51.4 Å². The molecule has 2 heterocycles. The van der Waals surface area contributed by atoms with E-state index < -0.39 is 11.4 Å². The highest BCUT2D eigenvalue weighted by Crippen LogP contribution is 2.51. The largest absolute Gasteiger partial charge is 0.481 e. The number of benzene rings is 1. The van der Waals surface area contributed by atoms with Gasteiger partial charge >= 0.3 is 5.97 Å². The summed E-state index contributed by atoms with van der Waals surface area (Å²) in [4.78, 5) is 26.8. The molecule has 1 N–H and O–H groups in total. The lowest BCUT2D eigenvalue weighted by Gasteiger charge is -2.48. The number of halogens is 1. The van der Waals surface area contributed by atoms with Crippen LogP contribution in [0.5, 0.6) is 0 Å². The molecule has 0 spiro atoms. The third-order valence-electron chi connectivity index (χ3n) is 8.05. The highest BCUT2D eigenvalue weighted by atomic mass is 35.5. The van der Waals surface area contributed by atoms with Gasteiger partial charge in [-0.15, -0.1) is 0 Å². The fourth-order valence-electron chi connectivity index (χ4n) is 5.63. The highest BCUT2D eigenvalue weighted by Gasteiger charge is 2.48. The minimum absolute atomic E-state index is 0.125. The minimum Gasteiger partial charge on any atom is -0.481 e. The first kappa shape index (κ1) is 25.2. The molecule has 1 amide bonds. The number of hydrogen-bond acceptors (Lipinski definition) is 3. The van der Waals surface area contributed by atoms with Crippen LogP contribution in [0.25, 0.3) is 0 Å². The number of carbonyl (C=O) groups excluding carboxylic acids is 1. The standard InChI is InChI=1S/C28H38ClNO4/c1-27(2,3)10-7-18-5-6-21(15-24(18)29)28(4)16-25(31)30(22-8-11-34-12-9-22)17-23(28)19-13-20(14-19)26(32)33/h5-6,15,17,19-20,22H,7-14,16H2,1-4H3,(H,32,33)/t19?,20?,28-/m0/s1. The quantitative estimate of drug-likeness (QED) is 0.535. The molecule has 2 fully saturated rings. The molecule has 5 nitrogen and oxygen atoms in total. The van der Waals surface area contributed by atoms with E-state index in [0.717, 1.165) is 41.8 Å². The summed E-state index contributed by atoms with van der Waals surface area (Å²) in [6.45, 7) is 10.2. The monoisotopic (exact) mass is 487 g/mol. The van der Waals surface area contributed by atoms with Gasteiger partial charge in [0.2, 0.25) is 5.91 Å². The van der Waals surface area contributed by atoms with E-state index in [1.54, 1.807) is 0 Å². The minimum atomic E-state index is -0.724. The molecular formula is C28H38ClNO4. The van der Waals surface area contributed by atoms with Crippen LogP contribution in [0.2, 0.25) is 5.02 Å². The molecule has 1 aromatic rings. The molecule has 0 unspecified atom stereocenters. The van der Waals surface area contributed by atoms with Gasteiger partial charge in [-0.05, 0) is 72.6 Å². The number of rotatable bonds is 6. The van der Waals surface area contributed by atoms with Gasteiger partial charge in [0.15, 0.2) is 0 Å². The van der Waals surface area contributed by atoms with E-state index in [0.29, 0.717) is 32.5 Å². The average molecular weight is 488 g/mol. The Kier molecular flexibility index (Phi) is 7.17. The molecule has 1 aromatic carbocycles. The Morgan fingerprint density at radius 1 is 1.24 bits per heavy atom. The van der Waals surface area contributed by atoms with Gasteiger partial charge in [-0.3, -0.25) is 9.59 Å². The predicted molar refractivity (Wildman–Crippen MR) is 134 cm³/mol. The van der Waals surface area contributed by atoms with Crippen LogP contribution in [0.3, 0.4) is 0 Å². The van der Waals surface area contributed by atoms with Crippen LogP contribution < -0.4 is 0 Å². The van der Waals surface area contributed by atoms with E-state index in [1.165, 1.54) is 5.57 Å². The van der Waals surface area contributed by atoms with E-state index >= 15 is 0 Å². The molecule has 6 heteroatoms. The van der Waals surface area contributed by atoms with Crippen LogP contribution >= 0.6 is 11.6 Å². The van der Waals surface area contributed by atoms with Crippen molar-refractivity contribution >= 4 is 23.5 Å². The van der Waals surface area contributed by atoms with Crippen molar-refractivity contribution < 1.29 is 19.4 Å². The molecule has 1 atom stereocenters. The summed E-state index contributed by atoms with van der Waals surface area (Å²) >= 11 is 6.76. The van der Waals surface area contributed by atoms with Crippen LogP contribution in [0.1, 0.15) is 77.3 Å². The number of carboxylic acids is 1. The highest BCUT2D eigenvalue weighted by molar-refractivity contribution is 6.31. The maximum absolute atomic E-state index is 13.4. The van der Waals surface area contributed by atoms with E-state index in [1.807, 2.05) is 11.0 Å². The molecule has 186 valence electrons. The van der Waals surface area contributed by atoms with Gasteiger partial charge in [0.1, 0.15) is 0 Å².